The van der Waals surface area contributed by atoms with Crippen molar-refractivity contribution in [3.63, 3.8) is 0 Å². The van der Waals surface area contributed by atoms with E-state index in [2.05, 4.69) is 11.9 Å². The fraction of sp³-hybridized carbons (Fsp3) is 0.679. The van der Waals surface area contributed by atoms with Crippen LogP contribution in [0.15, 0.2) is 18.2 Å². The van der Waals surface area contributed by atoms with Crippen molar-refractivity contribution in [3.05, 3.63) is 28.8 Å². The number of aryl methyl sites for hydroxylation is 1. The number of thiazole rings is 1. The Labute approximate surface area is 217 Å². The Morgan fingerprint density at radius 2 is 1.86 bits per heavy atom. The van der Waals surface area contributed by atoms with Gasteiger partial charge in [-0.05, 0) is 50.3 Å². The van der Waals surface area contributed by atoms with Crippen LogP contribution in [0.3, 0.4) is 0 Å². The Morgan fingerprint density at radius 3 is 2.58 bits per heavy atom. The molecule has 7 nitrogen and oxygen atoms in total. The highest BCUT2D eigenvalue weighted by atomic mass is 32.1. The van der Waals surface area contributed by atoms with Crippen molar-refractivity contribution in [3.8, 4) is 0 Å². The molecular weight excluding hydrogens is 478 g/mol. The summed E-state index contributed by atoms with van der Waals surface area (Å²) in [5.74, 6) is -1.56. The molecule has 0 amide bonds. The summed E-state index contributed by atoms with van der Waals surface area (Å²) in [6, 6.07) is 5.92. The van der Waals surface area contributed by atoms with Crippen LogP contribution in [-0.2, 0) is 19.1 Å². The lowest BCUT2D eigenvalue weighted by atomic mass is 9.73. The van der Waals surface area contributed by atoms with Crippen LogP contribution in [0, 0.1) is 24.2 Å². The van der Waals surface area contributed by atoms with E-state index in [1.54, 1.807) is 32.1 Å². The molecule has 0 spiro atoms. The molecule has 0 radical (unpaired) electrons. The highest BCUT2D eigenvalue weighted by Crippen LogP contribution is 2.47. The molecule has 1 aromatic heterocycles. The Kier molecular flexibility index (Phi) is 7.64. The number of ether oxygens (including phenoxy) is 2. The topological polar surface area (TPSA) is 109 Å². The zero-order chi connectivity index (χ0) is 26.4. The lowest BCUT2D eigenvalue weighted by Crippen LogP contribution is -2.45. The van der Waals surface area contributed by atoms with Crippen molar-refractivity contribution in [1.82, 2.24) is 4.98 Å². The molecule has 4 rings (SSSR count). The van der Waals surface area contributed by atoms with Gasteiger partial charge in [0.15, 0.2) is 0 Å². The number of nitrogens with zero attached hydrogens (tertiary/aromatic N) is 1. The second-order valence-electron chi connectivity index (χ2n) is 11.5. The number of rotatable bonds is 1. The molecule has 8 heteroatoms. The van der Waals surface area contributed by atoms with Crippen LogP contribution < -0.4 is 0 Å². The second-order valence-corrected chi connectivity index (χ2v) is 12.8. The molecule has 0 aliphatic carbocycles. The number of esters is 1. The molecular formula is C28H39NO6S. The fourth-order valence-corrected chi connectivity index (χ4v) is 6.29. The first-order valence-corrected chi connectivity index (χ1v) is 13.8. The number of hydrogen-bond acceptors (Lipinski definition) is 8. The maximum Gasteiger partial charge on any atom is 0.309 e. The van der Waals surface area contributed by atoms with E-state index >= 15 is 0 Å². The first-order chi connectivity index (χ1) is 16.8. The Hall–Kier alpha value is -1.87. The molecule has 2 aliphatic rings. The van der Waals surface area contributed by atoms with Crippen molar-refractivity contribution >= 4 is 33.3 Å². The number of aromatic nitrogens is 1. The summed E-state index contributed by atoms with van der Waals surface area (Å²) in [6.07, 6.45) is -0.0142. The standard InChI is InChI=1S/C28H39NO6S/c1-15-8-7-11-28(6)23(35-28)13-20(18-9-10-21-19(12-18)29-17(3)36-21)34-24(31)14-22(30)27(4,5)26(33)16(2)25(15)32/h9-10,12,15-16,20,22-23,25,30,32H,7-8,11,13-14H2,1-6H3/t15-,16+,20-,22-,23-,25?,28+/m0/s1. The average Bonchev–Trinajstić information content (AvgIpc) is 3.28. The minimum atomic E-state index is -1.23. The van der Waals surface area contributed by atoms with E-state index in [0.717, 1.165) is 40.1 Å². The first kappa shape index (κ1) is 27.2. The molecule has 36 heavy (non-hydrogen) atoms. The molecule has 2 N–H and O–H groups in total. The molecule has 198 valence electrons. The van der Waals surface area contributed by atoms with Crippen molar-refractivity contribution in [1.29, 1.82) is 0 Å². The van der Waals surface area contributed by atoms with Gasteiger partial charge in [-0.1, -0.05) is 40.2 Å². The minimum Gasteiger partial charge on any atom is -0.457 e. The minimum absolute atomic E-state index is 0.0573. The van der Waals surface area contributed by atoms with Crippen molar-refractivity contribution in [2.24, 2.45) is 17.3 Å². The number of carbonyl (C=O) groups is 2. The van der Waals surface area contributed by atoms with Gasteiger partial charge < -0.3 is 19.7 Å². The summed E-state index contributed by atoms with van der Waals surface area (Å²) in [5.41, 5.74) is 0.193. The van der Waals surface area contributed by atoms with Crippen molar-refractivity contribution in [2.45, 2.75) is 104 Å². The van der Waals surface area contributed by atoms with Gasteiger partial charge in [0.2, 0.25) is 0 Å². The molecule has 3 heterocycles. The van der Waals surface area contributed by atoms with Gasteiger partial charge in [-0.15, -0.1) is 11.3 Å². The number of cyclic esters (lactones) is 1. The Balaban J connectivity index is 1.61. The number of ketones is 1. The molecule has 2 saturated heterocycles. The van der Waals surface area contributed by atoms with Gasteiger partial charge >= 0.3 is 5.97 Å². The summed E-state index contributed by atoms with van der Waals surface area (Å²) in [4.78, 5) is 30.9. The summed E-state index contributed by atoms with van der Waals surface area (Å²) < 4.78 is 13.1. The molecule has 1 aromatic carbocycles. The van der Waals surface area contributed by atoms with Gasteiger partial charge in [0.05, 0.1) is 51.0 Å². The number of fused-ring (bicyclic) bond motifs is 2. The number of benzene rings is 1. The molecule has 2 aliphatic heterocycles. The molecule has 7 atom stereocenters. The van der Waals surface area contributed by atoms with E-state index in [1.165, 1.54) is 0 Å². The molecule has 1 unspecified atom stereocenters. The number of aliphatic hydroxyl groups is 2. The maximum atomic E-state index is 13.3. The van der Waals surface area contributed by atoms with Crippen LogP contribution in [0.5, 0.6) is 0 Å². The van der Waals surface area contributed by atoms with Gasteiger partial charge in [0.25, 0.3) is 0 Å². The highest BCUT2D eigenvalue weighted by molar-refractivity contribution is 7.18. The van der Waals surface area contributed by atoms with Gasteiger partial charge in [-0.2, -0.15) is 0 Å². The fourth-order valence-electron chi connectivity index (χ4n) is 5.48. The Morgan fingerprint density at radius 1 is 1.14 bits per heavy atom. The summed E-state index contributed by atoms with van der Waals surface area (Å²) in [5, 5.41) is 22.7. The number of epoxide rings is 1. The predicted molar refractivity (Wildman–Crippen MR) is 139 cm³/mol. The number of aliphatic hydroxyl groups excluding tert-OH is 2. The SMILES string of the molecule is Cc1nc2cc([C@@H]3C[C@@H]4O[C@]4(C)CCC[C@H](C)C(O)[C@@H](C)C(=O)C(C)(C)[C@@H](O)CC(=O)O3)ccc2s1. The predicted octanol–water partition coefficient (Wildman–Crippen LogP) is 4.90. The van der Waals surface area contributed by atoms with E-state index in [4.69, 9.17) is 9.47 Å². The molecule has 2 fully saturated rings. The zero-order valence-electron chi connectivity index (χ0n) is 22.1. The lowest BCUT2D eigenvalue weighted by Gasteiger charge is -2.34. The van der Waals surface area contributed by atoms with Gasteiger partial charge in [0.1, 0.15) is 11.9 Å². The summed E-state index contributed by atoms with van der Waals surface area (Å²) in [7, 11) is 0. The van der Waals surface area contributed by atoms with Crippen LogP contribution in [0.1, 0.15) is 83.4 Å². The summed E-state index contributed by atoms with van der Waals surface area (Å²) >= 11 is 1.62. The average molecular weight is 518 g/mol. The van der Waals surface area contributed by atoms with Gasteiger partial charge in [-0.3, -0.25) is 9.59 Å². The number of Topliss-reactive ketones (excluding diaryl/α,β-unsaturated/α-hetero) is 1. The molecule has 0 bridgehead atoms. The Bertz CT molecular complexity index is 1130. The third-order valence-electron chi connectivity index (χ3n) is 8.30. The zero-order valence-corrected chi connectivity index (χ0v) is 22.9. The third kappa shape index (κ3) is 5.52. The van der Waals surface area contributed by atoms with E-state index < -0.39 is 35.6 Å². The maximum absolute atomic E-state index is 13.3. The third-order valence-corrected chi connectivity index (χ3v) is 9.25. The van der Waals surface area contributed by atoms with Crippen molar-refractivity contribution in [2.75, 3.05) is 0 Å². The van der Waals surface area contributed by atoms with Crippen LogP contribution in [0.4, 0.5) is 0 Å². The summed E-state index contributed by atoms with van der Waals surface area (Å²) in [6.45, 7) is 11.0. The quantitative estimate of drug-likeness (QED) is 0.409. The van der Waals surface area contributed by atoms with Crippen molar-refractivity contribution < 1.29 is 29.3 Å². The lowest BCUT2D eigenvalue weighted by molar-refractivity contribution is -0.156. The monoisotopic (exact) mass is 517 g/mol. The second kappa shape index (κ2) is 10.1. The van der Waals surface area contributed by atoms with Crippen LogP contribution in [0.25, 0.3) is 10.2 Å². The van der Waals surface area contributed by atoms with E-state index in [0.29, 0.717) is 6.42 Å². The van der Waals surface area contributed by atoms with E-state index in [-0.39, 0.29) is 29.8 Å². The van der Waals surface area contributed by atoms with Gasteiger partial charge in [-0.25, -0.2) is 4.98 Å². The smallest absolute Gasteiger partial charge is 0.309 e. The van der Waals surface area contributed by atoms with Crippen LogP contribution in [-0.4, -0.2) is 50.9 Å². The van der Waals surface area contributed by atoms with E-state index in [9.17, 15) is 19.8 Å². The largest absolute Gasteiger partial charge is 0.457 e. The van der Waals surface area contributed by atoms with Crippen LogP contribution >= 0.6 is 11.3 Å². The number of hydrogen-bond donors (Lipinski definition) is 2. The van der Waals surface area contributed by atoms with E-state index in [1.807, 2.05) is 32.0 Å². The molecule has 2 aromatic rings. The van der Waals surface area contributed by atoms with Crippen LogP contribution in [0.2, 0.25) is 0 Å². The molecule has 0 saturated carbocycles. The normalized spacial score (nSPS) is 36.3. The van der Waals surface area contributed by atoms with Gasteiger partial charge in [0, 0.05) is 12.3 Å². The highest BCUT2D eigenvalue weighted by Gasteiger charge is 2.53. The number of carbonyl (C=O) groups excluding carboxylic acids is 2. The first-order valence-electron chi connectivity index (χ1n) is 13.0.